The van der Waals surface area contributed by atoms with Crippen molar-refractivity contribution >= 4 is 17.9 Å². The van der Waals surface area contributed by atoms with Crippen molar-refractivity contribution < 1.29 is 42.9 Å². The fourth-order valence-electron chi connectivity index (χ4n) is 9.86. The fraction of sp³-hybridized carbons (Fsp3) is 0.688. The van der Waals surface area contributed by atoms with E-state index in [0.717, 1.165) is 109 Å². The van der Waals surface area contributed by atoms with Crippen LogP contribution in [-0.2, 0) is 33.3 Å². The van der Waals surface area contributed by atoms with E-state index >= 15 is 0 Å². The molecule has 0 N–H and O–H groups in total. The Morgan fingerprint density at radius 1 is 0.348 bits per heavy atom. The van der Waals surface area contributed by atoms with Gasteiger partial charge < -0.3 is 33.3 Å². The minimum absolute atomic E-state index is 0.142. The van der Waals surface area contributed by atoms with Gasteiger partial charge in [0.25, 0.3) is 0 Å². The summed E-state index contributed by atoms with van der Waals surface area (Å²) in [5, 5.41) is 11.8. The Hall–Kier alpha value is -4.57. The molecular weight excluding hydrogens is 1100 g/mol. The number of esters is 2. The van der Waals surface area contributed by atoms with Crippen LogP contribution in [0, 0.1) is 0 Å². The molecular formula is C80H135NO8. The maximum Gasteiger partial charge on any atom is 0.306 e. The Morgan fingerprint density at radius 3 is 0.966 bits per heavy atom. The summed E-state index contributed by atoms with van der Waals surface area (Å²) in [6.45, 7) is 4.64. The smallest absolute Gasteiger partial charge is 0.306 e. The molecule has 0 aromatic rings. The van der Waals surface area contributed by atoms with E-state index in [-0.39, 0.29) is 38.6 Å². The molecule has 0 aromatic heterocycles. The molecule has 0 saturated heterocycles. The molecule has 0 rings (SSSR count). The van der Waals surface area contributed by atoms with Crippen molar-refractivity contribution in [3.05, 3.63) is 134 Å². The van der Waals surface area contributed by atoms with E-state index in [2.05, 4.69) is 148 Å². The van der Waals surface area contributed by atoms with Gasteiger partial charge in [0, 0.05) is 12.8 Å². The standard InChI is InChI=1S/C80H135NO8/c1-6-8-10-12-14-16-18-20-22-24-26-28-30-31-32-33-34-35-36-37-38-39-40-41-42-43-44-45-46-47-49-51-53-55-57-59-61-63-65-67-69-71-78(83)89-76(75-88-80(79(84)85)86-73-72-81(3,4)5)74-87-77(82)70-68-66-64-62-60-58-56-54-52-50-48-29-27-25-23-21-19-17-15-13-11-9-7-2/h8,10,14,16,20,22,25-28,31-32,34-35,37-38,40-41,43-44,46-47,76,80H,6-7,9,11-13,15,17-19,21,23-24,29-30,33,36,39,42,45,48-75H2,1-5H3/b10-8-,16-14-,22-20-,27-25-,28-26-,32-31-,35-34-,38-37-,41-40-,44-43-,47-46-. The molecule has 0 radical (unpaired) electrons. The lowest BCUT2D eigenvalue weighted by Gasteiger charge is -2.26. The SMILES string of the molecule is CC/C=C\C/C=C\C/C=C\C/C=C\C/C=C\C/C=C\C/C=C\C/C=C\C/C=C\C/C=C\CCCCCCCCCCCCC(=O)OC(COC(=O)CCCCCCCCCCCCC/C=C\CCCCCCCCCC)COC(OCC[N+](C)(C)C)C(=O)[O-]. The van der Waals surface area contributed by atoms with Gasteiger partial charge in [0.2, 0.25) is 0 Å². The number of carbonyl (C=O) groups is 3. The second kappa shape index (κ2) is 69.3. The Balaban J connectivity index is 4.13. The average Bonchev–Trinajstić information content (AvgIpc) is 3.64. The Kier molecular flexibility index (Phi) is 65.8. The van der Waals surface area contributed by atoms with Crippen molar-refractivity contribution in [2.24, 2.45) is 0 Å². The molecule has 0 aliphatic rings. The largest absolute Gasteiger partial charge is 0.545 e. The van der Waals surface area contributed by atoms with Crippen LogP contribution in [0.5, 0.6) is 0 Å². The first-order valence-electron chi connectivity index (χ1n) is 36.3. The molecule has 9 heteroatoms. The normalized spacial score (nSPS) is 13.5. The number of allylic oxidation sites excluding steroid dienone is 22. The Bertz CT molecular complexity index is 1930. The van der Waals surface area contributed by atoms with E-state index in [4.69, 9.17) is 18.9 Å². The highest BCUT2D eigenvalue weighted by Gasteiger charge is 2.22. The number of rotatable bonds is 66. The summed E-state index contributed by atoms with van der Waals surface area (Å²) < 4.78 is 22.8. The highest BCUT2D eigenvalue weighted by molar-refractivity contribution is 5.70. The number of nitrogens with zero attached hydrogens (tertiary/aromatic N) is 1. The number of carbonyl (C=O) groups excluding carboxylic acids is 3. The quantitative estimate of drug-likeness (QED) is 0.0195. The molecule has 0 spiro atoms. The zero-order valence-corrected chi connectivity index (χ0v) is 58.0. The van der Waals surface area contributed by atoms with E-state index in [1.54, 1.807) is 0 Å². The minimum Gasteiger partial charge on any atom is -0.545 e. The van der Waals surface area contributed by atoms with Gasteiger partial charge in [0.15, 0.2) is 12.4 Å². The van der Waals surface area contributed by atoms with E-state index in [0.29, 0.717) is 17.4 Å². The maximum absolute atomic E-state index is 12.9. The summed E-state index contributed by atoms with van der Waals surface area (Å²) in [7, 11) is 5.93. The molecule has 0 amide bonds. The lowest BCUT2D eigenvalue weighted by molar-refractivity contribution is -0.870. The van der Waals surface area contributed by atoms with Gasteiger partial charge in [-0.1, -0.05) is 302 Å². The highest BCUT2D eigenvalue weighted by Crippen LogP contribution is 2.17. The fourth-order valence-corrected chi connectivity index (χ4v) is 9.86. The van der Waals surface area contributed by atoms with Crippen LogP contribution in [0.25, 0.3) is 0 Å². The third-order valence-electron chi connectivity index (χ3n) is 15.4. The molecule has 0 saturated carbocycles. The summed E-state index contributed by atoms with van der Waals surface area (Å²) in [5.41, 5.74) is 0. The van der Waals surface area contributed by atoms with Gasteiger partial charge in [-0.2, -0.15) is 0 Å². The lowest BCUT2D eigenvalue weighted by Crippen LogP contribution is -2.44. The molecule has 2 atom stereocenters. The van der Waals surface area contributed by atoms with Crippen LogP contribution in [0.4, 0.5) is 0 Å². The molecule has 0 bridgehead atoms. The number of carboxylic acids is 1. The van der Waals surface area contributed by atoms with E-state index in [1.165, 1.54) is 154 Å². The number of likely N-dealkylation sites (N-methyl/N-ethyl adjacent to an activating group) is 1. The number of carboxylic acid groups (broad SMARTS) is 1. The summed E-state index contributed by atoms with van der Waals surface area (Å²) in [5.74, 6) is -2.29. The van der Waals surface area contributed by atoms with Crippen LogP contribution in [0.3, 0.4) is 0 Å². The molecule has 0 aromatic carbocycles. The van der Waals surface area contributed by atoms with E-state index in [1.807, 2.05) is 21.1 Å². The molecule has 0 aliphatic heterocycles. The van der Waals surface area contributed by atoms with Crippen molar-refractivity contribution in [1.29, 1.82) is 0 Å². The van der Waals surface area contributed by atoms with Crippen LogP contribution in [0.2, 0.25) is 0 Å². The van der Waals surface area contributed by atoms with Crippen LogP contribution < -0.4 is 5.11 Å². The molecule has 0 heterocycles. The zero-order chi connectivity index (χ0) is 64.7. The first-order valence-corrected chi connectivity index (χ1v) is 36.3. The molecule has 9 nitrogen and oxygen atoms in total. The molecule has 89 heavy (non-hydrogen) atoms. The molecule has 508 valence electrons. The number of hydrogen-bond acceptors (Lipinski definition) is 8. The third-order valence-corrected chi connectivity index (χ3v) is 15.4. The van der Waals surface area contributed by atoms with Gasteiger partial charge in [0.05, 0.1) is 40.3 Å². The van der Waals surface area contributed by atoms with Crippen LogP contribution in [0.15, 0.2) is 134 Å². The van der Waals surface area contributed by atoms with E-state index in [9.17, 15) is 19.5 Å². The van der Waals surface area contributed by atoms with Gasteiger partial charge in [0.1, 0.15) is 13.2 Å². The Morgan fingerprint density at radius 2 is 0.640 bits per heavy atom. The molecule has 0 aliphatic carbocycles. The summed E-state index contributed by atoms with van der Waals surface area (Å²) in [6.07, 6.45) is 96.8. The van der Waals surface area contributed by atoms with Crippen molar-refractivity contribution in [1.82, 2.24) is 0 Å². The topological polar surface area (TPSA) is 111 Å². The summed E-state index contributed by atoms with van der Waals surface area (Å²) in [6, 6.07) is 0. The first-order chi connectivity index (χ1) is 43.6. The van der Waals surface area contributed by atoms with Gasteiger partial charge in [-0.25, -0.2) is 0 Å². The van der Waals surface area contributed by atoms with Gasteiger partial charge in [-0.05, 0) is 116 Å². The number of unbranched alkanes of at least 4 members (excludes halogenated alkanes) is 29. The third kappa shape index (κ3) is 70.7. The number of hydrogen-bond donors (Lipinski definition) is 0. The van der Waals surface area contributed by atoms with Crippen molar-refractivity contribution in [3.63, 3.8) is 0 Å². The number of aliphatic carboxylic acids is 1. The van der Waals surface area contributed by atoms with Crippen molar-refractivity contribution in [2.75, 3.05) is 47.5 Å². The van der Waals surface area contributed by atoms with Gasteiger partial charge >= 0.3 is 11.9 Å². The van der Waals surface area contributed by atoms with Gasteiger partial charge in [-0.3, -0.25) is 9.59 Å². The van der Waals surface area contributed by atoms with Crippen LogP contribution >= 0.6 is 0 Å². The number of ether oxygens (including phenoxy) is 4. The molecule has 0 fully saturated rings. The predicted molar refractivity (Wildman–Crippen MR) is 379 cm³/mol. The summed E-state index contributed by atoms with van der Waals surface area (Å²) >= 11 is 0. The number of quaternary nitrogens is 1. The van der Waals surface area contributed by atoms with Crippen molar-refractivity contribution in [2.45, 2.75) is 309 Å². The van der Waals surface area contributed by atoms with Gasteiger partial charge in [-0.15, -0.1) is 0 Å². The van der Waals surface area contributed by atoms with Crippen LogP contribution in [-0.4, -0.2) is 82.3 Å². The lowest BCUT2D eigenvalue weighted by atomic mass is 10.0. The Labute approximate surface area is 548 Å². The predicted octanol–water partition coefficient (Wildman–Crippen LogP) is 21.6. The van der Waals surface area contributed by atoms with Crippen molar-refractivity contribution in [3.8, 4) is 0 Å². The minimum atomic E-state index is -1.63. The molecule has 2 unspecified atom stereocenters. The average molecular weight is 1240 g/mol. The zero-order valence-electron chi connectivity index (χ0n) is 58.0. The second-order valence-corrected chi connectivity index (χ2v) is 25.1. The maximum atomic E-state index is 12.9. The van der Waals surface area contributed by atoms with Crippen LogP contribution in [0.1, 0.15) is 296 Å². The second-order valence-electron chi connectivity index (χ2n) is 25.1. The van der Waals surface area contributed by atoms with E-state index < -0.39 is 24.3 Å². The highest BCUT2D eigenvalue weighted by atomic mass is 16.7. The summed E-state index contributed by atoms with van der Waals surface area (Å²) in [4.78, 5) is 37.5. The monoisotopic (exact) mass is 1240 g/mol. The first kappa shape index (κ1) is 84.4.